The van der Waals surface area contributed by atoms with Crippen LogP contribution in [0.4, 0.5) is 18.9 Å². The van der Waals surface area contributed by atoms with E-state index in [1.807, 2.05) is 0 Å². The molecule has 0 aliphatic carbocycles. The molecule has 0 amide bonds. The minimum Gasteiger partial charge on any atom is -0.380 e. The summed E-state index contributed by atoms with van der Waals surface area (Å²) in [5.74, 6) is 0. The zero-order valence-corrected chi connectivity index (χ0v) is 10.1. The second kappa shape index (κ2) is 5.01. The predicted octanol–water partition coefficient (Wildman–Crippen LogP) is 3.52. The number of non-ortho nitro benzene ring substituents is 1. The van der Waals surface area contributed by atoms with Crippen molar-refractivity contribution in [2.75, 3.05) is 7.11 Å². The monoisotopic (exact) mass is 313 g/mol. The Labute approximate surface area is 103 Å². The van der Waals surface area contributed by atoms with Crippen LogP contribution < -0.4 is 0 Å². The number of nitro groups is 1. The number of hydrogen-bond acceptors (Lipinski definition) is 3. The van der Waals surface area contributed by atoms with Crippen LogP contribution in [0.5, 0.6) is 0 Å². The lowest BCUT2D eigenvalue weighted by atomic mass is 10.1. The van der Waals surface area contributed by atoms with Crippen molar-refractivity contribution in [3.05, 3.63) is 37.8 Å². The van der Waals surface area contributed by atoms with Crippen LogP contribution in [-0.4, -0.2) is 12.0 Å². The molecule has 0 saturated carbocycles. The third-order valence-electron chi connectivity index (χ3n) is 1.99. The molecule has 17 heavy (non-hydrogen) atoms. The van der Waals surface area contributed by atoms with Gasteiger partial charge in [0, 0.05) is 29.3 Å². The molecule has 94 valence electrons. The zero-order valence-electron chi connectivity index (χ0n) is 8.55. The van der Waals surface area contributed by atoms with Gasteiger partial charge in [0.25, 0.3) is 5.69 Å². The molecule has 0 saturated heterocycles. The van der Waals surface area contributed by atoms with E-state index >= 15 is 0 Å². The van der Waals surface area contributed by atoms with Gasteiger partial charge in [-0.05, 0) is 0 Å². The molecule has 0 atom stereocenters. The van der Waals surface area contributed by atoms with Gasteiger partial charge in [-0.25, -0.2) is 0 Å². The van der Waals surface area contributed by atoms with Crippen molar-refractivity contribution in [2.45, 2.75) is 12.8 Å². The lowest BCUT2D eigenvalue weighted by Gasteiger charge is -2.13. The summed E-state index contributed by atoms with van der Waals surface area (Å²) in [6.45, 7) is -0.284. The van der Waals surface area contributed by atoms with E-state index in [2.05, 4.69) is 20.7 Å². The lowest BCUT2D eigenvalue weighted by Crippen LogP contribution is -2.11. The quantitative estimate of drug-likeness (QED) is 0.633. The summed E-state index contributed by atoms with van der Waals surface area (Å²) < 4.78 is 42.7. The number of nitrogens with zero attached hydrogens (tertiary/aromatic N) is 1. The first-order valence-electron chi connectivity index (χ1n) is 4.30. The van der Waals surface area contributed by atoms with E-state index in [-0.39, 0.29) is 16.6 Å². The molecule has 0 N–H and O–H groups in total. The highest BCUT2D eigenvalue weighted by atomic mass is 79.9. The molecular formula is C9H7BrF3NO3. The van der Waals surface area contributed by atoms with Crippen LogP contribution >= 0.6 is 15.9 Å². The number of rotatable bonds is 3. The second-order valence-corrected chi connectivity index (χ2v) is 4.00. The second-order valence-electron chi connectivity index (χ2n) is 3.14. The van der Waals surface area contributed by atoms with E-state index in [0.717, 1.165) is 6.07 Å². The topological polar surface area (TPSA) is 52.4 Å². The Morgan fingerprint density at radius 3 is 2.47 bits per heavy atom. The van der Waals surface area contributed by atoms with Crippen LogP contribution in [0, 0.1) is 10.1 Å². The molecule has 8 heteroatoms. The zero-order chi connectivity index (χ0) is 13.2. The van der Waals surface area contributed by atoms with Crippen LogP contribution in [0.3, 0.4) is 0 Å². The van der Waals surface area contributed by atoms with Crippen molar-refractivity contribution in [3.63, 3.8) is 0 Å². The van der Waals surface area contributed by atoms with Crippen LogP contribution in [0.1, 0.15) is 11.1 Å². The SMILES string of the molecule is COCc1c(Br)cc([N+](=O)[O-])cc1C(F)(F)F. The van der Waals surface area contributed by atoms with Gasteiger partial charge in [0.15, 0.2) is 0 Å². The molecule has 4 nitrogen and oxygen atoms in total. The largest absolute Gasteiger partial charge is 0.417 e. The number of nitro benzene ring substituents is 1. The van der Waals surface area contributed by atoms with Gasteiger partial charge in [-0.3, -0.25) is 10.1 Å². The summed E-state index contributed by atoms with van der Waals surface area (Å²) in [4.78, 5) is 9.61. The lowest BCUT2D eigenvalue weighted by molar-refractivity contribution is -0.385. The van der Waals surface area contributed by atoms with Crippen molar-refractivity contribution in [1.29, 1.82) is 0 Å². The highest BCUT2D eigenvalue weighted by molar-refractivity contribution is 9.10. The normalized spacial score (nSPS) is 11.6. The number of benzene rings is 1. The Morgan fingerprint density at radius 1 is 1.47 bits per heavy atom. The van der Waals surface area contributed by atoms with Gasteiger partial charge in [0.1, 0.15) is 0 Å². The van der Waals surface area contributed by atoms with Crippen molar-refractivity contribution < 1.29 is 22.8 Å². The minimum absolute atomic E-state index is 0.000810. The van der Waals surface area contributed by atoms with Gasteiger partial charge < -0.3 is 4.74 Å². The summed E-state index contributed by atoms with van der Waals surface area (Å²) >= 11 is 2.88. The van der Waals surface area contributed by atoms with Gasteiger partial charge in [-0.1, -0.05) is 15.9 Å². The first-order chi connectivity index (χ1) is 7.77. The molecule has 0 aliphatic rings. The molecular weight excluding hydrogens is 307 g/mol. The van der Waals surface area contributed by atoms with Gasteiger partial charge in [-0.2, -0.15) is 13.2 Å². The third-order valence-corrected chi connectivity index (χ3v) is 2.69. The fraction of sp³-hybridized carbons (Fsp3) is 0.333. The van der Waals surface area contributed by atoms with Crippen LogP contribution in [0.2, 0.25) is 0 Å². The maximum atomic E-state index is 12.7. The smallest absolute Gasteiger partial charge is 0.380 e. The number of ether oxygens (including phenoxy) is 1. The molecule has 0 spiro atoms. The highest BCUT2D eigenvalue weighted by Gasteiger charge is 2.36. The molecule has 0 bridgehead atoms. The highest BCUT2D eigenvalue weighted by Crippen LogP contribution is 2.38. The fourth-order valence-corrected chi connectivity index (χ4v) is 1.83. The Bertz CT molecular complexity index is 448. The summed E-state index contributed by atoms with van der Waals surface area (Å²) in [6.07, 6.45) is -4.66. The first-order valence-corrected chi connectivity index (χ1v) is 5.09. The summed E-state index contributed by atoms with van der Waals surface area (Å²) in [5, 5.41) is 10.5. The maximum Gasteiger partial charge on any atom is 0.417 e. The van der Waals surface area contributed by atoms with Gasteiger partial charge >= 0.3 is 6.18 Å². The van der Waals surface area contributed by atoms with Gasteiger partial charge in [0.2, 0.25) is 0 Å². The molecule has 0 fully saturated rings. The molecule has 1 aromatic rings. The minimum atomic E-state index is -4.66. The Morgan fingerprint density at radius 2 is 2.06 bits per heavy atom. The van der Waals surface area contributed by atoms with E-state index in [0.29, 0.717) is 6.07 Å². The number of hydrogen-bond donors (Lipinski definition) is 0. The average Bonchev–Trinajstić information content (AvgIpc) is 2.18. The van der Waals surface area contributed by atoms with Crippen molar-refractivity contribution in [3.8, 4) is 0 Å². The van der Waals surface area contributed by atoms with E-state index in [1.165, 1.54) is 7.11 Å². The van der Waals surface area contributed by atoms with E-state index in [4.69, 9.17) is 0 Å². The first kappa shape index (κ1) is 13.9. The van der Waals surface area contributed by atoms with Crippen LogP contribution in [0.25, 0.3) is 0 Å². The molecule has 0 radical (unpaired) electrons. The molecule has 0 aliphatic heterocycles. The van der Waals surface area contributed by atoms with E-state index < -0.39 is 22.4 Å². The number of alkyl halides is 3. The molecule has 0 unspecified atom stereocenters. The Balaban J connectivity index is 3.45. The molecule has 1 aromatic carbocycles. The summed E-state index contributed by atoms with van der Waals surface area (Å²) in [6, 6.07) is 1.52. The van der Waals surface area contributed by atoms with Gasteiger partial charge in [0.05, 0.1) is 17.1 Å². The molecule has 0 heterocycles. The maximum absolute atomic E-state index is 12.7. The van der Waals surface area contributed by atoms with Crippen LogP contribution in [0.15, 0.2) is 16.6 Å². The summed E-state index contributed by atoms with van der Waals surface area (Å²) in [7, 11) is 1.24. The standard InChI is InChI=1S/C9H7BrF3NO3/c1-17-4-6-7(9(11,12)13)2-5(14(15)16)3-8(6)10/h2-3H,4H2,1H3. The number of methoxy groups -OCH3 is 1. The Kier molecular flexibility index (Phi) is 4.10. The average molecular weight is 314 g/mol. The van der Waals surface area contributed by atoms with Crippen molar-refractivity contribution >= 4 is 21.6 Å². The van der Waals surface area contributed by atoms with E-state index in [1.54, 1.807) is 0 Å². The van der Waals surface area contributed by atoms with Crippen molar-refractivity contribution in [1.82, 2.24) is 0 Å². The van der Waals surface area contributed by atoms with Gasteiger partial charge in [-0.15, -0.1) is 0 Å². The number of halogens is 4. The van der Waals surface area contributed by atoms with E-state index in [9.17, 15) is 23.3 Å². The Hall–Kier alpha value is -1.15. The van der Waals surface area contributed by atoms with Crippen LogP contribution in [-0.2, 0) is 17.5 Å². The fourth-order valence-electron chi connectivity index (χ4n) is 1.27. The summed E-state index contributed by atoms with van der Waals surface area (Å²) in [5.41, 5.74) is -1.85. The molecule has 1 rings (SSSR count). The third kappa shape index (κ3) is 3.16. The van der Waals surface area contributed by atoms with Crippen molar-refractivity contribution in [2.24, 2.45) is 0 Å². The predicted molar refractivity (Wildman–Crippen MR) is 56.5 cm³/mol. The molecule has 0 aromatic heterocycles.